The lowest BCUT2D eigenvalue weighted by Crippen LogP contribution is -2.24. The second kappa shape index (κ2) is 7.49. The van der Waals surface area contributed by atoms with Gasteiger partial charge in [-0.25, -0.2) is 4.98 Å². The van der Waals surface area contributed by atoms with Gasteiger partial charge in [0.1, 0.15) is 11.4 Å². The number of hydrogen-bond donors (Lipinski definition) is 4. The summed E-state index contributed by atoms with van der Waals surface area (Å²) >= 11 is 0. The van der Waals surface area contributed by atoms with Crippen LogP contribution in [-0.2, 0) is 23.8 Å². The van der Waals surface area contributed by atoms with E-state index in [0.29, 0.717) is 33.0 Å². The molecule has 0 bridgehead atoms. The van der Waals surface area contributed by atoms with Gasteiger partial charge in [0.2, 0.25) is 11.9 Å². The van der Waals surface area contributed by atoms with Crippen LogP contribution in [0.2, 0.25) is 2.82 Å². The summed E-state index contributed by atoms with van der Waals surface area (Å²) in [6, 6.07) is 10.1. The highest BCUT2D eigenvalue weighted by Gasteiger charge is 2.38. The van der Waals surface area contributed by atoms with Gasteiger partial charge in [0, 0.05) is 24.0 Å². The van der Waals surface area contributed by atoms with Crippen LogP contribution in [0.15, 0.2) is 48.6 Å². The van der Waals surface area contributed by atoms with E-state index in [0.717, 1.165) is 0 Å². The first kappa shape index (κ1) is 17.0. The average Bonchev–Trinajstić information content (AvgIpc) is 3.33. The number of anilines is 4. The van der Waals surface area contributed by atoms with Crippen molar-refractivity contribution < 1.29 is 27.3 Å². The van der Waals surface area contributed by atoms with Crippen LogP contribution in [0.25, 0.3) is 0 Å². The van der Waals surface area contributed by atoms with E-state index in [1.54, 1.807) is 30.3 Å². The molecule has 0 saturated carbocycles. The molecule has 3 aromatic rings. The van der Waals surface area contributed by atoms with Gasteiger partial charge in [0.25, 0.3) is 0 Å². The molecule has 2 aromatic carbocycles. The van der Waals surface area contributed by atoms with Gasteiger partial charge in [-0.3, -0.25) is 4.79 Å². The maximum Gasteiger partial charge on any atom is 0.421 e. The summed E-state index contributed by atoms with van der Waals surface area (Å²) in [5.41, 5.74) is 0.954. The number of carbonyl (C=O) groups is 1. The molecule has 1 amide bonds. The molecule has 0 radical (unpaired) electrons. The van der Waals surface area contributed by atoms with Crippen molar-refractivity contribution in [2.45, 2.75) is 31.2 Å². The van der Waals surface area contributed by atoms with Crippen molar-refractivity contribution in [3.63, 3.8) is 0 Å². The van der Waals surface area contributed by atoms with Crippen LogP contribution in [-0.4, -0.2) is 27.1 Å². The van der Waals surface area contributed by atoms with Crippen LogP contribution in [0.5, 0.6) is 0 Å². The molecule has 5 rings (SSSR count). The minimum absolute atomic E-state index is 0.0826. The van der Waals surface area contributed by atoms with Gasteiger partial charge < -0.3 is 21.0 Å². The number of nitrogens with zero attached hydrogens (tertiary/aromatic N) is 2. The Kier molecular flexibility index (Phi) is 3.97. The van der Waals surface area contributed by atoms with Crippen LogP contribution >= 0.6 is 0 Å². The summed E-state index contributed by atoms with van der Waals surface area (Å²) in [5, 5.41) is 14.3. The fourth-order valence-electron chi connectivity index (χ4n) is 3.91. The third kappa shape index (κ3) is 3.73. The largest absolute Gasteiger partial charge is 0.421 e. The molecule has 164 valence electrons. The first-order valence-corrected chi connectivity index (χ1v) is 9.76. The summed E-state index contributed by atoms with van der Waals surface area (Å²) in [6.45, 7) is 0. The number of halogens is 3. The van der Waals surface area contributed by atoms with E-state index in [1.165, 1.54) is 12.1 Å². The Hall–Kier alpha value is -3.66. The fourth-order valence-corrected chi connectivity index (χ4v) is 3.91. The van der Waals surface area contributed by atoms with Crippen molar-refractivity contribution in [2.24, 2.45) is 0 Å². The number of fused-ring (bicyclic) bond motifs is 2. The first-order chi connectivity index (χ1) is 16.5. The minimum atomic E-state index is -5.06. The predicted molar refractivity (Wildman–Crippen MR) is 112 cm³/mol. The number of benzene rings is 2. The lowest BCUT2D eigenvalue weighted by atomic mass is 10.1. The van der Waals surface area contributed by atoms with Crippen LogP contribution in [0.4, 0.5) is 36.3 Å². The molecule has 32 heavy (non-hydrogen) atoms. The molecule has 1 aliphatic heterocycles. The SMILES string of the molecule is [3H]c1nc(N([3H])c2ccc3c(c2)CC(=O)N3)nc(N([3H])C2c3ccccc3CC2O)c1C(F)(F)F. The number of hydrogen-bond acceptors (Lipinski definition) is 6. The summed E-state index contributed by atoms with van der Waals surface area (Å²) in [4.78, 5) is 19.1. The number of aromatic nitrogens is 2. The van der Waals surface area contributed by atoms with Crippen LogP contribution in [0.3, 0.4) is 0 Å². The van der Waals surface area contributed by atoms with Crippen LogP contribution in [0, 0.1) is 0 Å². The number of carbonyl (C=O) groups excluding carboxylic acids is 1. The Morgan fingerprint density at radius 1 is 1.22 bits per heavy atom. The second-order valence-electron chi connectivity index (χ2n) is 7.55. The third-order valence-electron chi connectivity index (χ3n) is 5.35. The van der Waals surface area contributed by atoms with Gasteiger partial charge in [0.15, 0.2) is 2.82 Å². The van der Waals surface area contributed by atoms with Crippen LogP contribution < -0.4 is 15.9 Å². The molecule has 1 aromatic heterocycles. The molecular formula is C22H18F3N5O2. The predicted octanol–water partition coefficient (Wildman–Crippen LogP) is 3.80. The maximum absolute atomic E-state index is 13.9. The van der Waals surface area contributed by atoms with Crippen molar-refractivity contribution >= 4 is 29.0 Å². The highest BCUT2D eigenvalue weighted by molar-refractivity contribution is 5.99. The van der Waals surface area contributed by atoms with E-state index in [4.69, 9.17) is 4.19 Å². The standard InChI is InChI=1S/C22H18F3N5O2/c23-22(24,25)15-10-26-21(27-13-5-6-16-12(7-13)9-18(32)28-16)30-20(15)29-19-14-4-2-1-3-11(14)8-17(19)31/h1-7,10,17,19,31H,8-9H2,(H,28,32)(H2,26,27,29,30)/i10T/hT2. The lowest BCUT2D eigenvalue weighted by molar-refractivity contribution is -0.137. The Balaban J connectivity index is 1.59. The molecule has 2 unspecified atom stereocenters. The van der Waals surface area contributed by atoms with Crippen LogP contribution in [0.1, 0.15) is 29.7 Å². The summed E-state index contributed by atoms with van der Waals surface area (Å²) in [6.07, 6.45) is -7.20. The van der Waals surface area contributed by atoms with E-state index in [9.17, 15) is 23.1 Å². The van der Waals surface area contributed by atoms with Crippen molar-refractivity contribution in [3.8, 4) is 0 Å². The molecule has 7 nitrogen and oxygen atoms in total. The Labute approximate surface area is 185 Å². The minimum Gasteiger partial charge on any atom is -0.390 e. The zero-order valence-corrected chi connectivity index (χ0v) is 16.4. The zero-order valence-electron chi connectivity index (χ0n) is 19.4. The van der Waals surface area contributed by atoms with E-state index in [1.807, 2.05) is 0 Å². The average molecular weight is 447 g/mol. The summed E-state index contributed by atoms with van der Waals surface area (Å²) in [7, 11) is 0. The number of aliphatic hydroxyl groups excluding tert-OH is 1. The molecule has 0 fully saturated rings. The van der Waals surface area contributed by atoms with Gasteiger partial charge >= 0.3 is 6.18 Å². The molecule has 2 aliphatic rings. The molecule has 4 N–H and O–H groups in total. The van der Waals surface area contributed by atoms with Gasteiger partial charge in [-0.15, -0.1) is 0 Å². The van der Waals surface area contributed by atoms with Crippen molar-refractivity contribution in [2.75, 3.05) is 15.9 Å². The number of nitrogens with one attached hydrogen (secondary N) is 3. The Morgan fingerprint density at radius 3 is 2.84 bits per heavy atom. The number of aliphatic hydroxyl groups is 1. The monoisotopic (exact) mass is 447 g/mol. The highest BCUT2D eigenvalue weighted by atomic mass is 19.4. The van der Waals surface area contributed by atoms with Gasteiger partial charge in [0.05, 0.1) is 19.9 Å². The molecule has 2 heterocycles. The number of rotatable bonds is 4. The normalized spacial score (nSPS) is 20.6. The summed E-state index contributed by atoms with van der Waals surface area (Å²) in [5.74, 6) is -1.73. The van der Waals surface area contributed by atoms with Crippen molar-refractivity contribution in [1.29, 1.82) is 0 Å². The fraction of sp³-hybridized carbons (Fsp3) is 0.227. The Morgan fingerprint density at radius 2 is 2.03 bits per heavy atom. The van der Waals surface area contributed by atoms with E-state index in [2.05, 4.69) is 15.3 Å². The van der Waals surface area contributed by atoms with Gasteiger partial charge in [-0.05, 0) is 34.9 Å². The van der Waals surface area contributed by atoms with E-state index >= 15 is 0 Å². The number of alkyl halides is 3. The van der Waals surface area contributed by atoms with Gasteiger partial charge in [-0.1, -0.05) is 24.3 Å². The molecular weight excluding hydrogens is 423 g/mol. The van der Waals surface area contributed by atoms with Gasteiger partial charge in [-0.2, -0.15) is 18.2 Å². The second-order valence-corrected chi connectivity index (χ2v) is 7.55. The molecule has 10 heteroatoms. The highest BCUT2D eigenvalue weighted by Crippen LogP contribution is 2.39. The van der Waals surface area contributed by atoms with Crippen molar-refractivity contribution in [3.05, 3.63) is 70.9 Å². The zero-order chi connectivity index (χ0) is 25.1. The van der Waals surface area contributed by atoms with Crippen molar-refractivity contribution in [1.82, 2.24) is 9.97 Å². The molecule has 0 spiro atoms. The third-order valence-corrected chi connectivity index (χ3v) is 5.35. The topological polar surface area (TPSA) is 99.2 Å². The first-order valence-electron chi connectivity index (χ1n) is 11.2. The quantitative estimate of drug-likeness (QED) is 0.486. The summed E-state index contributed by atoms with van der Waals surface area (Å²) < 4.78 is 66.7. The molecule has 0 saturated heterocycles. The molecule has 1 aliphatic carbocycles. The maximum atomic E-state index is 13.9. The van der Waals surface area contributed by atoms with E-state index < -0.39 is 41.8 Å². The molecule has 2 atom stereocenters. The lowest BCUT2D eigenvalue weighted by Gasteiger charge is -2.21. The van der Waals surface area contributed by atoms with E-state index in [-0.39, 0.29) is 24.4 Å². The smallest absolute Gasteiger partial charge is 0.390 e. The Bertz CT molecular complexity index is 1340. The number of amides is 1.